The summed E-state index contributed by atoms with van der Waals surface area (Å²) < 4.78 is 7.29. The molecule has 0 saturated heterocycles. The van der Waals surface area contributed by atoms with E-state index < -0.39 is 0 Å². The van der Waals surface area contributed by atoms with E-state index >= 15 is 0 Å². The summed E-state index contributed by atoms with van der Waals surface area (Å²) >= 11 is 2.85. The van der Waals surface area contributed by atoms with E-state index in [-0.39, 0.29) is 12.3 Å². The van der Waals surface area contributed by atoms with Crippen LogP contribution in [0.4, 0.5) is 5.00 Å². The Morgan fingerprint density at radius 3 is 2.65 bits per heavy atom. The summed E-state index contributed by atoms with van der Waals surface area (Å²) in [5.41, 5.74) is 7.60. The van der Waals surface area contributed by atoms with Gasteiger partial charge >= 0.3 is 0 Å². The molecule has 0 atom stereocenters. The monoisotopic (exact) mass is 527 g/mol. The number of fused-ring (bicyclic) bond motifs is 3. The number of nitrogens with one attached hydrogen (secondary N) is 1. The van der Waals surface area contributed by atoms with Gasteiger partial charge < -0.3 is 10.1 Å². The van der Waals surface area contributed by atoms with Crippen LogP contribution in [0.25, 0.3) is 27.7 Å². The molecule has 1 amide bonds. The third kappa shape index (κ3) is 4.78. The highest BCUT2D eigenvalue weighted by Gasteiger charge is 2.17. The van der Waals surface area contributed by atoms with Crippen LogP contribution in [0.1, 0.15) is 28.7 Å². The normalized spacial score (nSPS) is 11.1. The van der Waals surface area contributed by atoms with Gasteiger partial charge in [0.05, 0.1) is 18.2 Å². The number of aryl methyl sites for hydroxylation is 3. The van der Waals surface area contributed by atoms with Crippen molar-refractivity contribution in [2.75, 3.05) is 18.2 Å². The Morgan fingerprint density at radius 1 is 1.14 bits per heavy atom. The topological polar surface area (TPSA) is 92.3 Å². The van der Waals surface area contributed by atoms with Crippen molar-refractivity contribution in [1.82, 2.24) is 14.6 Å². The largest absolute Gasteiger partial charge is 0.497 e. The first-order chi connectivity index (χ1) is 17.9. The van der Waals surface area contributed by atoms with Crippen LogP contribution in [-0.2, 0) is 4.79 Å². The highest BCUT2D eigenvalue weighted by Crippen LogP contribution is 2.36. The molecule has 0 radical (unpaired) electrons. The van der Waals surface area contributed by atoms with Crippen LogP contribution in [0.5, 0.6) is 5.75 Å². The van der Waals surface area contributed by atoms with Crippen LogP contribution < -0.4 is 10.1 Å². The molecule has 2 aromatic carbocycles. The molecule has 0 fully saturated rings. The molecule has 3 heterocycles. The predicted octanol–water partition coefficient (Wildman–Crippen LogP) is 6.54. The molecule has 3 aromatic heterocycles. The smallest absolute Gasteiger partial charge is 0.225 e. The molecule has 1 N–H and O–H groups in total. The maximum absolute atomic E-state index is 12.8. The zero-order valence-electron chi connectivity index (χ0n) is 21.0. The van der Waals surface area contributed by atoms with Gasteiger partial charge in [-0.05, 0) is 61.7 Å². The predicted molar refractivity (Wildman–Crippen MR) is 150 cm³/mol. The summed E-state index contributed by atoms with van der Waals surface area (Å²) in [7, 11) is 1.61. The number of anilines is 1. The molecular weight excluding hydrogens is 502 g/mol. The van der Waals surface area contributed by atoms with Gasteiger partial charge in [0.1, 0.15) is 16.8 Å². The summed E-state index contributed by atoms with van der Waals surface area (Å²) in [4.78, 5) is 12.8. The lowest BCUT2D eigenvalue weighted by atomic mass is 10.0. The van der Waals surface area contributed by atoms with Crippen molar-refractivity contribution >= 4 is 50.6 Å². The fraction of sp³-hybridized carbons (Fsp3) is 0.214. The first kappa shape index (κ1) is 24.8. The molecule has 37 heavy (non-hydrogen) atoms. The van der Waals surface area contributed by atoms with E-state index in [0.717, 1.165) is 44.3 Å². The quantitative estimate of drug-likeness (QED) is 0.242. The Labute approximate surface area is 223 Å². The number of thioether (sulfide) groups is 1. The van der Waals surface area contributed by atoms with Gasteiger partial charge in [-0.25, -0.2) is 0 Å². The molecule has 186 valence electrons. The number of amides is 1. The molecule has 0 aliphatic carbocycles. The first-order valence-corrected chi connectivity index (χ1v) is 13.6. The average Bonchev–Trinajstić information content (AvgIpc) is 3.47. The number of nitrogens with zero attached hydrogens (tertiary/aromatic N) is 4. The molecular formula is C28H25N5O2S2. The summed E-state index contributed by atoms with van der Waals surface area (Å²) in [6, 6.07) is 16.2. The van der Waals surface area contributed by atoms with Crippen LogP contribution in [-0.4, -0.2) is 33.4 Å². The minimum atomic E-state index is -0.145. The van der Waals surface area contributed by atoms with Gasteiger partial charge in [-0.2, -0.15) is 5.26 Å². The second-order valence-electron chi connectivity index (χ2n) is 8.82. The van der Waals surface area contributed by atoms with E-state index in [2.05, 4.69) is 58.9 Å². The van der Waals surface area contributed by atoms with Gasteiger partial charge in [-0.1, -0.05) is 35.5 Å². The molecule has 0 aliphatic heterocycles. The minimum absolute atomic E-state index is 0.145. The van der Waals surface area contributed by atoms with Crippen LogP contribution in [0.2, 0.25) is 0 Å². The average molecular weight is 528 g/mol. The van der Waals surface area contributed by atoms with E-state index in [1.165, 1.54) is 34.0 Å². The van der Waals surface area contributed by atoms with Crippen LogP contribution in [0.3, 0.4) is 0 Å². The number of benzene rings is 2. The zero-order chi connectivity index (χ0) is 26.1. The summed E-state index contributed by atoms with van der Waals surface area (Å²) in [5.74, 6) is 1.14. The van der Waals surface area contributed by atoms with Crippen LogP contribution in [0, 0.1) is 32.1 Å². The number of rotatable bonds is 7. The van der Waals surface area contributed by atoms with E-state index in [1.54, 1.807) is 7.11 Å². The van der Waals surface area contributed by atoms with Crippen molar-refractivity contribution in [3.8, 4) is 22.9 Å². The van der Waals surface area contributed by atoms with Crippen molar-refractivity contribution in [2.24, 2.45) is 0 Å². The molecule has 9 heteroatoms. The fourth-order valence-corrected chi connectivity index (χ4v) is 6.29. The Morgan fingerprint density at radius 2 is 1.92 bits per heavy atom. The van der Waals surface area contributed by atoms with Crippen molar-refractivity contribution in [1.29, 1.82) is 5.26 Å². The number of aromatic nitrogens is 3. The maximum Gasteiger partial charge on any atom is 0.225 e. The van der Waals surface area contributed by atoms with Gasteiger partial charge in [0.2, 0.25) is 5.91 Å². The molecule has 5 rings (SSSR count). The molecule has 0 saturated carbocycles. The lowest BCUT2D eigenvalue weighted by Crippen LogP contribution is -2.12. The van der Waals surface area contributed by atoms with Gasteiger partial charge in [0, 0.05) is 28.5 Å². The molecule has 0 unspecified atom stereocenters. The zero-order valence-corrected chi connectivity index (χ0v) is 22.6. The third-order valence-electron chi connectivity index (χ3n) is 6.21. The van der Waals surface area contributed by atoms with E-state index in [0.29, 0.717) is 16.3 Å². The SMILES string of the molecule is COc1ccc(-c2csc(NC(=O)CCSc3nnc4cc(C)c5cc(C)cc(C)c5n34)c2C#N)cc1. The number of hydrogen-bond acceptors (Lipinski definition) is 7. The van der Waals surface area contributed by atoms with E-state index in [9.17, 15) is 10.1 Å². The Kier molecular flexibility index (Phi) is 6.87. The maximum atomic E-state index is 12.8. The molecule has 0 aliphatic rings. The standard InChI is InChI=1S/C28H25N5O2S2/c1-16-11-18(3)26-21(12-16)17(2)13-24-31-32-28(33(24)26)36-10-9-25(34)30-27-22(14-29)23(15-37-27)19-5-7-20(35-4)8-6-19/h5-8,11-13,15H,9-10H2,1-4H3,(H,30,34). The minimum Gasteiger partial charge on any atom is -0.497 e. The molecule has 5 aromatic rings. The second kappa shape index (κ2) is 10.2. The Hall–Kier alpha value is -3.87. The number of hydrogen-bond donors (Lipinski definition) is 1. The van der Waals surface area contributed by atoms with Gasteiger partial charge in [0.15, 0.2) is 10.8 Å². The fourth-order valence-electron chi connectivity index (χ4n) is 4.48. The lowest BCUT2D eigenvalue weighted by molar-refractivity contribution is -0.115. The summed E-state index contributed by atoms with van der Waals surface area (Å²) in [6.07, 6.45) is 0.280. The van der Waals surface area contributed by atoms with E-state index in [4.69, 9.17) is 4.74 Å². The Balaban J connectivity index is 1.30. The number of thiophene rings is 1. The highest BCUT2D eigenvalue weighted by atomic mass is 32.2. The van der Waals surface area contributed by atoms with Crippen molar-refractivity contribution in [2.45, 2.75) is 32.3 Å². The van der Waals surface area contributed by atoms with Gasteiger partial charge in [-0.3, -0.25) is 9.20 Å². The van der Waals surface area contributed by atoms with Gasteiger partial charge in [0.25, 0.3) is 0 Å². The number of ether oxygens (including phenoxy) is 1. The first-order valence-electron chi connectivity index (χ1n) is 11.7. The summed E-state index contributed by atoms with van der Waals surface area (Å²) in [5, 5.41) is 25.9. The molecule has 7 nitrogen and oxygen atoms in total. The van der Waals surface area contributed by atoms with Crippen LogP contribution in [0.15, 0.2) is 53.0 Å². The van der Waals surface area contributed by atoms with Crippen molar-refractivity contribution in [3.63, 3.8) is 0 Å². The second-order valence-corrected chi connectivity index (χ2v) is 10.8. The van der Waals surface area contributed by atoms with E-state index in [1.807, 2.05) is 35.7 Å². The number of carbonyl (C=O) groups is 1. The Bertz CT molecular complexity index is 1680. The number of nitriles is 1. The highest BCUT2D eigenvalue weighted by molar-refractivity contribution is 7.99. The number of methoxy groups -OCH3 is 1. The van der Waals surface area contributed by atoms with Crippen molar-refractivity contribution in [3.05, 3.63) is 70.1 Å². The molecule has 0 bridgehead atoms. The number of carbonyl (C=O) groups excluding carboxylic acids is 1. The van der Waals surface area contributed by atoms with Crippen molar-refractivity contribution < 1.29 is 9.53 Å². The van der Waals surface area contributed by atoms with Crippen LogP contribution >= 0.6 is 23.1 Å². The lowest BCUT2D eigenvalue weighted by Gasteiger charge is -2.11. The molecule has 0 spiro atoms. The third-order valence-corrected chi connectivity index (χ3v) is 8.04. The number of pyridine rings is 1. The van der Waals surface area contributed by atoms with Gasteiger partial charge in [-0.15, -0.1) is 21.5 Å². The summed E-state index contributed by atoms with van der Waals surface area (Å²) in [6.45, 7) is 6.29.